The Morgan fingerprint density at radius 1 is 0.895 bits per heavy atom. The van der Waals surface area contributed by atoms with Gasteiger partial charge in [-0.05, 0) is 16.7 Å². The number of hydrogen-bond acceptors (Lipinski definition) is 2. The van der Waals surface area contributed by atoms with Gasteiger partial charge in [-0.15, -0.1) is 0 Å². The highest BCUT2D eigenvalue weighted by Gasteiger charge is 1.98. The van der Waals surface area contributed by atoms with Crippen LogP contribution in [0.25, 0.3) is 11.1 Å². The van der Waals surface area contributed by atoms with E-state index in [1.165, 1.54) is 16.7 Å². The second-order valence-corrected chi connectivity index (χ2v) is 4.40. The summed E-state index contributed by atoms with van der Waals surface area (Å²) in [6.45, 7) is 0.800. The molecule has 0 saturated heterocycles. The molecular weight excluding hydrogens is 234 g/mol. The predicted octanol–water partition coefficient (Wildman–Crippen LogP) is 3.69. The van der Waals surface area contributed by atoms with Crippen molar-refractivity contribution >= 4 is 5.69 Å². The van der Waals surface area contributed by atoms with E-state index in [9.17, 15) is 0 Å². The molecule has 19 heavy (non-hydrogen) atoms. The maximum Gasteiger partial charge on any atom is 0.0726 e. The molecule has 0 radical (unpaired) electrons. The number of nitrogens with zero attached hydrogens (tertiary/aromatic N) is 1. The standard InChI is InChI=1S/C16H15N3/c1-2-4-14(5-3-1)15-8-6-13(7-9-15)10-17-16-11-18-19-12-16/h1-9,11-12,17H,10H2,(H,18,19). The van der Waals surface area contributed by atoms with Crippen LogP contribution in [0.15, 0.2) is 67.0 Å². The van der Waals surface area contributed by atoms with Gasteiger partial charge in [-0.2, -0.15) is 5.10 Å². The Morgan fingerprint density at radius 3 is 2.32 bits per heavy atom. The van der Waals surface area contributed by atoms with E-state index in [-0.39, 0.29) is 0 Å². The number of rotatable bonds is 4. The lowest BCUT2D eigenvalue weighted by Gasteiger charge is -2.06. The SMILES string of the molecule is c1ccc(-c2ccc(CNc3cn[nH]c3)cc2)cc1. The van der Waals surface area contributed by atoms with Crippen molar-refractivity contribution in [2.45, 2.75) is 6.54 Å². The number of benzene rings is 2. The van der Waals surface area contributed by atoms with Crippen LogP contribution in [-0.4, -0.2) is 10.2 Å². The van der Waals surface area contributed by atoms with Gasteiger partial charge in [-0.1, -0.05) is 54.6 Å². The van der Waals surface area contributed by atoms with Crippen LogP contribution in [0.1, 0.15) is 5.56 Å². The molecule has 0 bridgehead atoms. The molecule has 0 atom stereocenters. The minimum atomic E-state index is 0.800. The van der Waals surface area contributed by atoms with Crippen LogP contribution in [0.2, 0.25) is 0 Å². The van der Waals surface area contributed by atoms with Crippen molar-refractivity contribution in [3.8, 4) is 11.1 Å². The first-order valence-electron chi connectivity index (χ1n) is 6.29. The molecule has 0 spiro atoms. The van der Waals surface area contributed by atoms with Crippen LogP contribution >= 0.6 is 0 Å². The van der Waals surface area contributed by atoms with E-state index in [1.807, 2.05) is 12.3 Å². The molecule has 0 unspecified atom stereocenters. The number of H-pyrrole nitrogens is 1. The Hall–Kier alpha value is -2.55. The summed E-state index contributed by atoms with van der Waals surface area (Å²) in [6, 6.07) is 19.0. The fourth-order valence-electron chi connectivity index (χ4n) is 2.00. The van der Waals surface area contributed by atoms with Crippen molar-refractivity contribution in [1.82, 2.24) is 10.2 Å². The van der Waals surface area contributed by atoms with Gasteiger partial charge in [0.05, 0.1) is 11.9 Å². The van der Waals surface area contributed by atoms with Gasteiger partial charge in [0, 0.05) is 12.7 Å². The molecule has 3 heteroatoms. The Labute approximate surface area is 112 Å². The van der Waals surface area contributed by atoms with Gasteiger partial charge in [0.1, 0.15) is 0 Å². The molecule has 3 nitrogen and oxygen atoms in total. The molecule has 0 aliphatic heterocycles. The zero-order valence-electron chi connectivity index (χ0n) is 10.5. The van der Waals surface area contributed by atoms with Crippen molar-refractivity contribution in [3.05, 3.63) is 72.6 Å². The van der Waals surface area contributed by atoms with Crippen molar-refractivity contribution in [1.29, 1.82) is 0 Å². The lowest BCUT2D eigenvalue weighted by molar-refractivity contribution is 1.09. The summed E-state index contributed by atoms with van der Waals surface area (Å²) in [6.07, 6.45) is 3.62. The predicted molar refractivity (Wildman–Crippen MR) is 77.8 cm³/mol. The molecule has 1 aromatic heterocycles. The van der Waals surface area contributed by atoms with E-state index in [1.54, 1.807) is 6.20 Å². The minimum Gasteiger partial charge on any atom is -0.378 e. The topological polar surface area (TPSA) is 40.7 Å². The fourth-order valence-corrected chi connectivity index (χ4v) is 2.00. The van der Waals surface area contributed by atoms with Crippen LogP contribution in [-0.2, 0) is 6.54 Å². The van der Waals surface area contributed by atoms with Gasteiger partial charge in [-0.25, -0.2) is 0 Å². The van der Waals surface area contributed by atoms with E-state index in [4.69, 9.17) is 0 Å². The quantitative estimate of drug-likeness (QED) is 0.740. The van der Waals surface area contributed by atoms with Crippen LogP contribution in [0.5, 0.6) is 0 Å². The second kappa shape index (κ2) is 5.40. The first-order chi connectivity index (χ1) is 9.42. The van der Waals surface area contributed by atoms with E-state index in [0.29, 0.717) is 0 Å². The van der Waals surface area contributed by atoms with E-state index >= 15 is 0 Å². The highest BCUT2D eigenvalue weighted by molar-refractivity contribution is 5.63. The maximum absolute atomic E-state index is 3.90. The van der Waals surface area contributed by atoms with Gasteiger partial charge in [0.25, 0.3) is 0 Å². The zero-order valence-corrected chi connectivity index (χ0v) is 10.5. The number of anilines is 1. The van der Waals surface area contributed by atoms with Crippen LogP contribution < -0.4 is 5.32 Å². The molecule has 0 amide bonds. The van der Waals surface area contributed by atoms with Gasteiger partial charge in [0.2, 0.25) is 0 Å². The smallest absolute Gasteiger partial charge is 0.0726 e. The highest BCUT2D eigenvalue weighted by Crippen LogP contribution is 2.19. The molecule has 94 valence electrons. The van der Waals surface area contributed by atoms with E-state index in [0.717, 1.165) is 12.2 Å². The molecule has 2 aromatic carbocycles. The Bertz CT molecular complexity index is 613. The van der Waals surface area contributed by atoms with Gasteiger partial charge >= 0.3 is 0 Å². The average Bonchev–Trinajstić information content (AvgIpc) is 3.00. The van der Waals surface area contributed by atoms with Crippen molar-refractivity contribution in [2.24, 2.45) is 0 Å². The second-order valence-electron chi connectivity index (χ2n) is 4.40. The molecule has 2 N–H and O–H groups in total. The third kappa shape index (κ3) is 2.83. The van der Waals surface area contributed by atoms with Gasteiger partial charge < -0.3 is 5.32 Å². The molecule has 0 fully saturated rings. The van der Waals surface area contributed by atoms with Crippen molar-refractivity contribution in [2.75, 3.05) is 5.32 Å². The third-order valence-electron chi connectivity index (χ3n) is 3.06. The molecule has 3 rings (SSSR count). The lowest BCUT2D eigenvalue weighted by atomic mass is 10.0. The summed E-state index contributed by atoms with van der Waals surface area (Å²) < 4.78 is 0. The Kier molecular flexibility index (Phi) is 3.28. The van der Waals surface area contributed by atoms with Gasteiger partial charge in [-0.3, -0.25) is 5.10 Å². The van der Waals surface area contributed by atoms with E-state index < -0.39 is 0 Å². The minimum absolute atomic E-state index is 0.800. The number of aromatic nitrogens is 2. The first-order valence-corrected chi connectivity index (χ1v) is 6.29. The summed E-state index contributed by atoms with van der Waals surface area (Å²) in [5.74, 6) is 0. The third-order valence-corrected chi connectivity index (χ3v) is 3.06. The Morgan fingerprint density at radius 2 is 1.63 bits per heavy atom. The molecule has 0 aliphatic carbocycles. The molecule has 1 heterocycles. The summed E-state index contributed by atoms with van der Waals surface area (Å²) in [4.78, 5) is 0. The van der Waals surface area contributed by atoms with E-state index in [2.05, 4.69) is 64.0 Å². The number of hydrogen-bond donors (Lipinski definition) is 2. The zero-order chi connectivity index (χ0) is 12.9. The van der Waals surface area contributed by atoms with Crippen LogP contribution in [0.3, 0.4) is 0 Å². The molecular formula is C16H15N3. The summed E-state index contributed by atoms with van der Waals surface area (Å²) in [5, 5.41) is 9.99. The van der Waals surface area contributed by atoms with Crippen molar-refractivity contribution in [3.63, 3.8) is 0 Å². The summed E-state index contributed by atoms with van der Waals surface area (Å²) >= 11 is 0. The fraction of sp³-hybridized carbons (Fsp3) is 0.0625. The van der Waals surface area contributed by atoms with Crippen molar-refractivity contribution < 1.29 is 0 Å². The number of nitrogens with one attached hydrogen (secondary N) is 2. The summed E-state index contributed by atoms with van der Waals surface area (Å²) in [7, 11) is 0. The lowest BCUT2D eigenvalue weighted by Crippen LogP contribution is -1.97. The highest BCUT2D eigenvalue weighted by atomic mass is 15.1. The molecule has 0 aliphatic rings. The summed E-state index contributed by atoms with van der Waals surface area (Å²) in [5.41, 5.74) is 4.75. The van der Waals surface area contributed by atoms with Gasteiger partial charge in [0.15, 0.2) is 0 Å². The maximum atomic E-state index is 3.90. The average molecular weight is 249 g/mol. The molecule has 3 aromatic rings. The van der Waals surface area contributed by atoms with Crippen LogP contribution in [0.4, 0.5) is 5.69 Å². The molecule has 0 saturated carbocycles. The Balaban J connectivity index is 1.69. The monoisotopic (exact) mass is 249 g/mol. The number of aromatic amines is 1. The largest absolute Gasteiger partial charge is 0.378 e. The van der Waals surface area contributed by atoms with Crippen LogP contribution in [0, 0.1) is 0 Å². The normalized spacial score (nSPS) is 10.3. The first kappa shape index (κ1) is 11.5.